The van der Waals surface area contributed by atoms with Crippen molar-refractivity contribution in [3.8, 4) is 0 Å². The van der Waals surface area contributed by atoms with Crippen LogP contribution in [0.25, 0.3) is 10.9 Å². The van der Waals surface area contributed by atoms with E-state index in [1.165, 1.54) is 10.9 Å². The standard InChI is InChI=1S/C21H24N6O3/c28-12-11-26-14-23-18-13-16(3-4-17(18)20(26)29)24-7-9-25(10-8-24)19-21(30)27(6-5-22-19)15-1-2-15/h3-6,13-15,28H,1-2,7-12H2. The summed E-state index contributed by atoms with van der Waals surface area (Å²) in [6, 6.07) is 6.00. The van der Waals surface area contributed by atoms with Crippen LogP contribution in [0.15, 0.2) is 46.5 Å². The van der Waals surface area contributed by atoms with E-state index in [9.17, 15) is 9.59 Å². The maximum atomic E-state index is 12.7. The van der Waals surface area contributed by atoms with Gasteiger partial charge in [0.05, 0.1) is 30.4 Å². The summed E-state index contributed by atoms with van der Waals surface area (Å²) in [6.07, 6.45) is 7.13. The lowest BCUT2D eigenvalue weighted by atomic mass is 10.2. The minimum atomic E-state index is -0.146. The summed E-state index contributed by atoms with van der Waals surface area (Å²) < 4.78 is 3.23. The van der Waals surface area contributed by atoms with Crippen LogP contribution in [-0.4, -0.2) is 57.0 Å². The van der Waals surface area contributed by atoms with Gasteiger partial charge in [-0.05, 0) is 31.0 Å². The van der Waals surface area contributed by atoms with E-state index in [4.69, 9.17) is 5.11 Å². The molecule has 2 fully saturated rings. The van der Waals surface area contributed by atoms with Crippen molar-refractivity contribution in [1.29, 1.82) is 0 Å². The molecule has 0 spiro atoms. The van der Waals surface area contributed by atoms with Crippen LogP contribution in [-0.2, 0) is 6.54 Å². The maximum Gasteiger partial charge on any atom is 0.293 e. The normalized spacial score (nSPS) is 17.0. The van der Waals surface area contributed by atoms with Crippen LogP contribution in [0.1, 0.15) is 18.9 Å². The van der Waals surface area contributed by atoms with Crippen molar-refractivity contribution in [2.45, 2.75) is 25.4 Å². The van der Waals surface area contributed by atoms with Crippen LogP contribution in [0.3, 0.4) is 0 Å². The predicted octanol–water partition coefficient (Wildman–Crippen LogP) is 0.607. The second kappa shape index (κ2) is 7.56. The van der Waals surface area contributed by atoms with Gasteiger partial charge in [0.2, 0.25) is 0 Å². The van der Waals surface area contributed by atoms with Crippen LogP contribution in [0.4, 0.5) is 11.5 Å². The first-order chi connectivity index (χ1) is 14.7. The summed E-state index contributed by atoms with van der Waals surface area (Å²) in [5.74, 6) is 0.536. The van der Waals surface area contributed by atoms with E-state index in [-0.39, 0.29) is 24.3 Å². The molecular weight excluding hydrogens is 384 g/mol. The van der Waals surface area contributed by atoms with Crippen LogP contribution in [0.5, 0.6) is 0 Å². The summed E-state index contributed by atoms with van der Waals surface area (Å²) in [5, 5.41) is 9.62. The van der Waals surface area contributed by atoms with Gasteiger partial charge in [-0.15, -0.1) is 0 Å². The van der Waals surface area contributed by atoms with Crippen molar-refractivity contribution in [3.63, 3.8) is 0 Å². The molecule has 2 aliphatic rings. The summed E-state index contributed by atoms with van der Waals surface area (Å²) >= 11 is 0. The second-order valence-corrected chi connectivity index (χ2v) is 7.84. The third-order valence-electron chi connectivity index (χ3n) is 5.88. The minimum Gasteiger partial charge on any atom is -0.395 e. The third-order valence-corrected chi connectivity index (χ3v) is 5.88. The molecule has 0 amide bonds. The van der Waals surface area contributed by atoms with Gasteiger partial charge in [0.25, 0.3) is 11.1 Å². The highest BCUT2D eigenvalue weighted by atomic mass is 16.3. The smallest absolute Gasteiger partial charge is 0.293 e. The van der Waals surface area contributed by atoms with E-state index in [1.54, 1.807) is 18.5 Å². The van der Waals surface area contributed by atoms with E-state index in [0.717, 1.165) is 31.6 Å². The molecule has 3 aromatic rings. The number of aliphatic hydroxyl groups is 1. The molecule has 9 nitrogen and oxygen atoms in total. The molecular formula is C21H24N6O3. The number of anilines is 2. The number of rotatable bonds is 5. The van der Waals surface area contributed by atoms with Crippen molar-refractivity contribution >= 4 is 22.4 Å². The number of benzene rings is 1. The quantitative estimate of drug-likeness (QED) is 0.661. The number of hydrogen-bond donors (Lipinski definition) is 1. The minimum absolute atomic E-state index is 0.00233. The Morgan fingerprint density at radius 3 is 2.50 bits per heavy atom. The Labute approximate surface area is 172 Å². The number of aliphatic hydroxyl groups excluding tert-OH is 1. The highest BCUT2D eigenvalue weighted by molar-refractivity contribution is 5.81. The molecule has 1 aromatic carbocycles. The predicted molar refractivity (Wildman–Crippen MR) is 114 cm³/mol. The Hall–Kier alpha value is -3.20. The molecule has 156 valence electrons. The summed E-state index contributed by atoms with van der Waals surface area (Å²) in [5.41, 5.74) is 1.51. The Morgan fingerprint density at radius 1 is 1.00 bits per heavy atom. The monoisotopic (exact) mass is 408 g/mol. The van der Waals surface area contributed by atoms with Crippen molar-refractivity contribution in [3.05, 3.63) is 57.6 Å². The van der Waals surface area contributed by atoms with Crippen LogP contribution in [0.2, 0.25) is 0 Å². The molecule has 1 aliphatic carbocycles. The zero-order chi connectivity index (χ0) is 20.7. The van der Waals surface area contributed by atoms with E-state index >= 15 is 0 Å². The van der Waals surface area contributed by atoms with Gasteiger partial charge in [-0.2, -0.15) is 0 Å². The Bertz CT molecular complexity index is 1190. The molecule has 2 aromatic heterocycles. The van der Waals surface area contributed by atoms with Gasteiger partial charge in [0, 0.05) is 50.3 Å². The fourth-order valence-electron chi connectivity index (χ4n) is 4.06. The van der Waals surface area contributed by atoms with Gasteiger partial charge in [-0.25, -0.2) is 9.97 Å². The third kappa shape index (κ3) is 3.35. The number of fused-ring (bicyclic) bond motifs is 1. The largest absolute Gasteiger partial charge is 0.395 e. The molecule has 0 radical (unpaired) electrons. The lowest BCUT2D eigenvalue weighted by Gasteiger charge is -2.36. The molecule has 0 atom stereocenters. The van der Waals surface area contributed by atoms with Gasteiger partial charge in [-0.1, -0.05) is 0 Å². The number of nitrogens with zero attached hydrogens (tertiary/aromatic N) is 6. The average Bonchev–Trinajstić information content (AvgIpc) is 3.61. The Kier molecular flexibility index (Phi) is 4.74. The number of hydrogen-bond acceptors (Lipinski definition) is 7. The first-order valence-corrected chi connectivity index (χ1v) is 10.3. The highest BCUT2D eigenvalue weighted by Gasteiger charge is 2.27. The van der Waals surface area contributed by atoms with Crippen molar-refractivity contribution in [1.82, 2.24) is 19.1 Å². The van der Waals surface area contributed by atoms with E-state index in [1.807, 2.05) is 16.7 Å². The van der Waals surface area contributed by atoms with E-state index in [0.29, 0.717) is 35.9 Å². The fraction of sp³-hybridized carbons (Fsp3) is 0.429. The Balaban J connectivity index is 1.34. The topological polar surface area (TPSA) is 96.5 Å². The van der Waals surface area contributed by atoms with Crippen molar-refractivity contribution in [2.24, 2.45) is 0 Å². The van der Waals surface area contributed by atoms with Gasteiger partial charge >= 0.3 is 0 Å². The highest BCUT2D eigenvalue weighted by Crippen LogP contribution is 2.33. The van der Waals surface area contributed by atoms with E-state index < -0.39 is 0 Å². The first kappa shape index (κ1) is 18.8. The Morgan fingerprint density at radius 2 is 1.77 bits per heavy atom. The molecule has 3 heterocycles. The summed E-state index contributed by atoms with van der Waals surface area (Å²) in [4.78, 5) is 38.2. The van der Waals surface area contributed by atoms with Crippen molar-refractivity contribution < 1.29 is 5.11 Å². The zero-order valence-corrected chi connectivity index (χ0v) is 16.6. The van der Waals surface area contributed by atoms with Crippen LogP contribution < -0.4 is 20.9 Å². The van der Waals surface area contributed by atoms with Crippen molar-refractivity contribution in [2.75, 3.05) is 42.6 Å². The SMILES string of the molecule is O=c1c2ccc(N3CCN(c4nccn(C5CC5)c4=O)CC3)cc2ncn1CCO. The summed E-state index contributed by atoms with van der Waals surface area (Å²) in [7, 11) is 0. The lowest BCUT2D eigenvalue weighted by molar-refractivity contribution is 0.274. The van der Waals surface area contributed by atoms with Crippen LogP contribution in [0, 0.1) is 0 Å². The number of piperazine rings is 1. The van der Waals surface area contributed by atoms with Gasteiger partial charge in [-0.3, -0.25) is 14.2 Å². The average molecular weight is 408 g/mol. The summed E-state index contributed by atoms with van der Waals surface area (Å²) in [6.45, 7) is 3.07. The second-order valence-electron chi connectivity index (χ2n) is 7.84. The fourth-order valence-corrected chi connectivity index (χ4v) is 4.06. The molecule has 1 aliphatic heterocycles. The van der Waals surface area contributed by atoms with Crippen LogP contribution >= 0.6 is 0 Å². The van der Waals surface area contributed by atoms with E-state index in [2.05, 4.69) is 19.8 Å². The zero-order valence-electron chi connectivity index (χ0n) is 16.6. The molecule has 1 N–H and O–H groups in total. The molecule has 9 heteroatoms. The molecule has 1 saturated carbocycles. The molecule has 0 unspecified atom stereocenters. The maximum absolute atomic E-state index is 12.7. The van der Waals surface area contributed by atoms with Gasteiger partial charge in [0.1, 0.15) is 0 Å². The molecule has 5 rings (SSSR count). The molecule has 1 saturated heterocycles. The number of aromatic nitrogens is 4. The first-order valence-electron chi connectivity index (χ1n) is 10.3. The van der Waals surface area contributed by atoms with Gasteiger partial charge < -0.3 is 19.5 Å². The lowest BCUT2D eigenvalue weighted by Crippen LogP contribution is -2.48. The molecule has 0 bridgehead atoms. The molecule has 30 heavy (non-hydrogen) atoms. The van der Waals surface area contributed by atoms with Gasteiger partial charge in [0.15, 0.2) is 5.82 Å².